The van der Waals surface area contributed by atoms with Crippen molar-refractivity contribution in [3.05, 3.63) is 29.8 Å². The Morgan fingerprint density at radius 1 is 1.32 bits per heavy atom. The van der Waals surface area contributed by atoms with Gasteiger partial charge in [-0.15, -0.1) is 24.0 Å². The fourth-order valence-corrected chi connectivity index (χ4v) is 2.45. The normalized spacial score (nSPS) is 13.2. The molecular formula is C18H33IN4OS. The van der Waals surface area contributed by atoms with Gasteiger partial charge < -0.3 is 20.3 Å². The van der Waals surface area contributed by atoms with Gasteiger partial charge in [0.15, 0.2) is 5.96 Å². The Balaban J connectivity index is 0.00000576. The zero-order valence-corrected chi connectivity index (χ0v) is 19.6. The average Bonchev–Trinajstić information content (AvgIpc) is 2.57. The van der Waals surface area contributed by atoms with Gasteiger partial charge in [-0.25, -0.2) is 0 Å². The van der Waals surface area contributed by atoms with E-state index in [1.807, 2.05) is 23.9 Å². The molecular weight excluding hydrogens is 447 g/mol. The summed E-state index contributed by atoms with van der Waals surface area (Å²) in [5.74, 6) is 1.70. The minimum atomic E-state index is 0. The second kappa shape index (κ2) is 11.9. The Morgan fingerprint density at radius 2 is 2.00 bits per heavy atom. The molecule has 0 saturated heterocycles. The van der Waals surface area contributed by atoms with E-state index >= 15 is 0 Å². The molecule has 1 aromatic rings. The number of ether oxygens (including phenoxy) is 1. The Bertz CT molecular complexity index is 538. The molecule has 1 unspecified atom stereocenters. The van der Waals surface area contributed by atoms with Crippen LogP contribution in [0, 0.1) is 0 Å². The SMILES string of the molecule is CN=C(NCC(c1cccc(OC)c1)N(C)C)NCC(C)(C)SC.I. The molecule has 0 saturated carbocycles. The first kappa shape index (κ1) is 24.3. The molecule has 0 heterocycles. The number of nitrogens with one attached hydrogen (secondary N) is 2. The van der Waals surface area contributed by atoms with Crippen molar-refractivity contribution < 1.29 is 4.74 Å². The molecule has 0 aliphatic heterocycles. The fourth-order valence-electron chi connectivity index (χ4n) is 2.23. The Hall–Kier alpha value is -0.670. The van der Waals surface area contributed by atoms with Gasteiger partial charge in [0.1, 0.15) is 5.75 Å². The van der Waals surface area contributed by atoms with Crippen molar-refractivity contribution in [2.24, 2.45) is 4.99 Å². The number of hydrogen-bond donors (Lipinski definition) is 2. The van der Waals surface area contributed by atoms with Crippen molar-refractivity contribution in [2.75, 3.05) is 47.6 Å². The van der Waals surface area contributed by atoms with E-state index in [9.17, 15) is 0 Å². The summed E-state index contributed by atoms with van der Waals surface area (Å²) in [6.45, 7) is 6.06. The number of methoxy groups -OCH3 is 1. The molecule has 2 N–H and O–H groups in total. The van der Waals surface area contributed by atoms with E-state index in [0.29, 0.717) is 0 Å². The van der Waals surface area contributed by atoms with Crippen LogP contribution in [0.3, 0.4) is 0 Å². The van der Waals surface area contributed by atoms with Gasteiger partial charge in [0.2, 0.25) is 0 Å². The van der Waals surface area contributed by atoms with E-state index in [4.69, 9.17) is 4.74 Å². The molecule has 5 nitrogen and oxygen atoms in total. The molecule has 0 aliphatic carbocycles. The first-order valence-electron chi connectivity index (χ1n) is 8.13. The third-order valence-electron chi connectivity index (χ3n) is 4.02. The van der Waals surface area contributed by atoms with Crippen LogP contribution in [0.5, 0.6) is 5.75 Å². The molecule has 0 bridgehead atoms. The molecule has 1 atom stereocenters. The van der Waals surface area contributed by atoms with Crippen LogP contribution in [0.2, 0.25) is 0 Å². The number of guanidine groups is 1. The van der Waals surface area contributed by atoms with Crippen LogP contribution in [0.1, 0.15) is 25.5 Å². The first-order chi connectivity index (χ1) is 11.3. The van der Waals surface area contributed by atoms with Crippen molar-refractivity contribution in [1.29, 1.82) is 0 Å². The maximum atomic E-state index is 5.34. The Kier molecular flexibility index (Phi) is 11.5. The number of nitrogens with zero attached hydrogens (tertiary/aromatic N) is 2. The van der Waals surface area contributed by atoms with E-state index in [1.54, 1.807) is 14.2 Å². The van der Waals surface area contributed by atoms with E-state index in [1.165, 1.54) is 5.56 Å². The maximum Gasteiger partial charge on any atom is 0.191 e. The second-order valence-electron chi connectivity index (χ2n) is 6.53. The van der Waals surface area contributed by atoms with E-state index in [2.05, 4.69) is 66.9 Å². The van der Waals surface area contributed by atoms with Gasteiger partial charge in [-0.2, -0.15) is 11.8 Å². The second-order valence-corrected chi connectivity index (χ2v) is 8.04. The van der Waals surface area contributed by atoms with E-state index in [0.717, 1.165) is 24.8 Å². The maximum absolute atomic E-state index is 5.34. The van der Waals surface area contributed by atoms with Gasteiger partial charge >= 0.3 is 0 Å². The zero-order chi connectivity index (χ0) is 18.2. The number of halogens is 1. The van der Waals surface area contributed by atoms with Crippen LogP contribution in [0.25, 0.3) is 0 Å². The predicted octanol–water partition coefficient (Wildman–Crippen LogP) is 3.22. The van der Waals surface area contributed by atoms with Crippen molar-refractivity contribution in [1.82, 2.24) is 15.5 Å². The van der Waals surface area contributed by atoms with Gasteiger partial charge in [-0.1, -0.05) is 12.1 Å². The molecule has 0 fully saturated rings. The topological polar surface area (TPSA) is 48.9 Å². The van der Waals surface area contributed by atoms with Crippen molar-refractivity contribution in [3.63, 3.8) is 0 Å². The number of likely N-dealkylation sites (N-methyl/N-ethyl adjacent to an activating group) is 1. The lowest BCUT2D eigenvalue weighted by molar-refractivity contribution is 0.297. The number of aliphatic imine (C=N–C) groups is 1. The number of hydrogen-bond acceptors (Lipinski definition) is 4. The van der Waals surface area contributed by atoms with Gasteiger partial charge in [0.05, 0.1) is 13.2 Å². The average molecular weight is 480 g/mol. The molecule has 1 rings (SSSR count). The monoisotopic (exact) mass is 480 g/mol. The molecule has 0 radical (unpaired) electrons. The Morgan fingerprint density at radius 3 is 2.52 bits per heavy atom. The summed E-state index contributed by atoms with van der Waals surface area (Å²) in [6.07, 6.45) is 2.13. The molecule has 7 heteroatoms. The summed E-state index contributed by atoms with van der Waals surface area (Å²) in [5.41, 5.74) is 1.21. The minimum Gasteiger partial charge on any atom is -0.497 e. The predicted molar refractivity (Wildman–Crippen MR) is 122 cm³/mol. The molecule has 25 heavy (non-hydrogen) atoms. The quantitative estimate of drug-likeness (QED) is 0.340. The summed E-state index contributed by atoms with van der Waals surface area (Å²) in [7, 11) is 7.66. The lowest BCUT2D eigenvalue weighted by Crippen LogP contribution is -2.45. The first-order valence-corrected chi connectivity index (χ1v) is 9.35. The third-order valence-corrected chi connectivity index (χ3v) is 5.27. The summed E-state index contributed by atoms with van der Waals surface area (Å²) in [4.78, 5) is 6.52. The van der Waals surface area contributed by atoms with Crippen LogP contribution in [-0.4, -0.2) is 63.2 Å². The van der Waals surface area contributed by atoms with Gasteiger partial charge in [0.25, 0.3) is 0 Å². The Labute approximate surface area is 174 Å². The van der Waals surface area contributed by atoms with E-state index < -0.39 is 0 Å². The highest BCUT2D eigenvalue weighted by Crippen LogP contribution is 2.22. The smallest absolute Gasteiger partial charge is 0.191 e. The van der Waals surface area contributed by atoms with Crippen LogP contribution >= 0.6 is 35.7 Å². The molecule has 0 aromatic heterocycles. The molecule has 0 amide bonds. The summed E-state index contributed by atoms with van der Waals surface area (Å²) in [6, 6.07) is 8.43. The van der Waals surface area contributed by atoms with Gasteiger partial charge in [0, 0.05) is 24.9 Å². The number of benzene rings is 1. The number of thioether (sulfide) groups is 1. The molecule has 0 spiro atoms. The summed E-state index contributed by atoms with van der Waals surface area (Å²) >= 11 is 1.84. The summed E-state index contributed by atoms with van der Waals surface area (Å²) in [5, 5.41) is 6.83. The summed E-state index contributed by atoms with van der Waals surface area (Å²) < 4.78 is 5.51. The van der Waals surface area contributed by atoms with Crippen LogP contribution in [-0.2, 0) is 0 Å². The lowest BCUT2D eigenvalue weighted by Gasteiger charge is -2.28. The molecule has 144 valence electrons. The number of rotatable bonds is 8. The van der Waals surface area contributed by atoms with Crippen molar-refractivity contribution in [3.8, 4) is 5.75 Å². The lowest BCUT2D eigenvalue weighted by atomic mass is 10.1. The van der Waals surface area contributed by atoms with Crippen LogP contribution in [0.15, 0.2) is 29.3 Å². The zero-order valence-electron chi connectivity index (χ0n) is 16.4. The third kappa shape index (κ3) is 8.50. The minimum absolute atomic E-state index is 0. The standard InChI is InChI=1S/C18H32N4OS.HI/c1-18(2,24-7)13-21-17(19-3)20-12-16(22(4)5)14-9-8-10-15(11-14)23-6;/h8-11,16H,12-13H2,1-7H3,(H2,19,20,21);1H. The van der Waals surface area contributed by atoms with E-state index in [-0.39, 0.29) is 34.8 Å². The fraction of sp³-hybridized carbons (Fsp3) is 0.611. The van der Waals surface area contributed by atoms with Crippen LogP contribution in [0.4, 0.5) is 0 Å². The van der Waals surface area contributed by atoms with Crippen LogP contribution < -0.4 is 15.4 Å². The van der Waals surface area contributed by atoms with Crippen molar-refractivity contribution >= 4 is 41.7 Å². The van der Waals surface area contributed by atoms with Crippen molar-refractivity contribution in [2.45, 2.75) is 24.6 Å². The largest absolute Gasteiger partial charge is 0.497 e. The molecule has 0 aliphatic rings. The molecule has 1 aromatic carbocycles. The highest BCUT2D eigenvalue weighted by molar-refractivity contribution is 14.0. The van der Waals surface area contributed by atoms with Gasteiger partial charge in [-0.3, -0.25) is 4.99 Å². The highest BCUT2D eigenvalue weighted by Gasteiger charge is 2.18. The highest BCUT2D eigenvalue weighted by atomic mass is 127. The van der Waals surface area contributed by atoms with Gasteiger partial charge in [-0.05, 0) is 51.9 Å².